The first-order chi connectivity index (χ1) is 33.1. The molecule has 14 heteroatoms. The lowest BCUT2D eigenvalue weighted by molar-refractivity contribution is 0.173. The molecular formula is C54H48Cl2N6O6. The number of aliphatic hydroxyl groups is 2. The standard InChI is InChI=1S/C54H48Cl2N6O6/c1-34-39(32-67-51-22-49(65-30-37-8-2-6-35(18-37)24-57)40(20-47(51)55)26-61-16-14-42(63)28-61)10-4-11-44(34)45-12-5-13-46-53(45)59-33-60-54(46)68-52-23-50(66-31-38-9-3-7-36(19-38)25-58)41(21-48(52)56)27-62-17-15-43(64)29-62/h2-13,18-23,33,42-43,63-64H,14-17,26-32H2,1H3/t42-,43-/m0/s1. The smallest absolute Gasteiger partial charge is 0.230 e. The van der Waals surface area contributed by atoms with E-state index < -0.39 is 0 Å². The molecule has 7 aromatic rings. The molecule has 0 saturated carbocycles. The molecular weight excluding hydrogens is 900 g/mol. The third kappa shape index (κ3) is 10.8. The summed E-state index contributed by atoms with van der Waals surface area (Å²) in [4.78, 5) is 13.6. The van der Waals surface area contributed by atoms with Crippen LogP contribution in [0.15, 0.2) is 116 Å². The molecule has 0 aliphatic carbocycles. The van der Waals surface area contributed by atoms with E-state index in [1.165, 1.54) is 6.33 Å². The number of likely N-dealkylation sites (tertiary alicyclic amines) is 2. The van der Waals surface area contributed by atoms with E-state index in [0.29, 0.717) is 100.0 Å². The lowest BCUT2D eigenvalue weighted by atomic mass is 9.95. The average molecular weight is 948 g/mol. The monoisotopic (exact) mass is 946 g/mol. The quantitative estimate of drug-likeness (QED) is 0.0946. The van der Waals surface area contributed by atoms with Gasteiger partial charge in [-0.2, -0.15) is 10.5 Å². The molecule has 2 saturated heterocycles. The van der Waals surface area contributed by atoms with Crippen molar-refractivity contribution in [1.29, 1.82) is 10.5 Å². The predicted molar refractivity (Wildman–Crippen MR) is 260 cm³/mol. The summed E-state index contributed by atoms with van der Waals surface area (Å²) < 4.78 is 25.8. The summed E-state index contributed by atoms with van der Waals surface area (Å²) in [6.07, 6.45) is 2.13. The Morgan fingerprint density at radius 1 is 0.618 bits per heavy atom. The van der Waals surface area contributed by atoms with Crippen LogP contribution in [-0.4, -0.2) is 68.4 Å². The van der Waals surface area contributed by atoms with E-state index in [0.717, 1.165) is 57.6 Å². The van der Waals surface area contributed by atoms with Gasteiger partial charge in [0.25, 0.3) is 0 Å². The zero-order valence-electron chi connectivity index (χ0n) is 37.4. The van der Waals surface area contributed by atoms with E-state index in [9.17, 15) is 20.7 Å². The van der Waals surface area contributed by atoms with Crippen molar-refractivity contribution in [3.8, 4) is 52.1 Å². The number of rotatable bonds is 16. The molecule has 2 atom stereocenters. The number of ether oxygens (including phenoxy) is 4. The molecule has 9 rings (SSSR count). The van der Waals surface area contributed by atoms with Gasteiger partial charge in [0.05, 0.1) is 56.4 Å². The van der Waals surface area contributed by atoms with E-state index in [1.807, 2.05) is 85.8 Å². The van der Waals surface area contributed by atoms with Crippen molar-refractivity contribution in [2.24, 2.45) is 0 Å². The highest BCUT2D eigenvalue weighted by Gasteiger charge is 2.25. The Hall–Kier alpha value is -6.74. The van der Waals surface area contributed by atoms with Crippen LogP contribution in [0.5, 0.6) is 28.9 Å². The number of fused-ring (bicyclic) bond motifs is 1. The van der Waals surface area contributed by atoms with Gasteiger partial charge in [-0.15, -0.1) is 0 Å². The maximum absolute atomic E-state index is 10.2. The van der Waals surface area contributed by atoms with Crippen LogP contribution in [0.25, 0.3) is 22.0 Å². The predicted octanol–water partition coefficient (Wildman–Crippen LogP) is 10.3. The number of benzene rings is 6. The molecule has 0 spiro atoms. The molecule has 2 aliphatic rings. The van der Waals surface area contributed by atoms with Crippen LogP contribution in [0.3, 0.4) is 0 Å². The first-order valence-electron chi connectivity index (χ1n) is 22.4. The average Bonchev–Trinajstić information content (AvgIpc) is 3.97. The first kappa shape index (κ1) is 46.4. The van der Waals surface area contributed by atoms with Crippen molar-refractivity contribution < 1.29 is 29.2 Å². The maximum Gasteiger partial charge on any atom is 0.230 e. The van der Waals surface area contributed by atoms with Gasteiger partial charge in [-0.1, -0.05) is 77.8 Å². The van der Waals surface area contributed by atoms with Gasteiger partial charge >= 0.3 is 0 Å². The lowest BCUT2D eigenvalue weighted by Crippen LogP contribution is -2.22. The molecule has 0 amide bonds. The Labute approximate surface area is 405 Å². The van der Waals surface area contributed by atoms with Crippen molar-refractivity contribution in [1.82, 2.24) is 19.8 Å². The molecule has 0 unspecified atom stereocenters. The van der Waals surface area contributed by atoms with Gasteiger partial charge in [0.2, 0.25) is 5.88 Å². The van der Waals surface area contributed by atoms with E-state index in [4.69, 9.17) is 47.1 Å². The van der Waals surface area contributed by atoms with Crippen LogP contribution in [0, 0.1) is 29.6 Å². The highest BCUT2D eigenvalue weighted by atomic mass is 35.5. The Morgan fingerprint density at radius 3 is 1.75 bits per heavy atom. The molecule has 3 heterocycles. The molecule has 2 aliphatic heterocycles. The summed E-state index contributed by atoms with van der Waals surface area (Å²) in [5.41, 5.74) is 8.94. The fourth-order valence-corrected chi connectivity index (χ4v) is 9.25. The Bertz CT molecular complexity index is 3060. The molecule has 344 valence electrons. The maximum atomic E-state index is 10.2. The number of para-hydroxylation sites is 1. The van der Waals surface area contributed by atoms with Crippen molar-refractivity contribution in [3.05, 3.63) is 170 Å². The number of β-amino-alcohol motifs (C(OH)–C–C–N with tert-alkyl or cyclic N) is 2. The largest absolute Gasteiger partial charge is 0.488 e. The summed E-state index contributed by atoms with van der Waals surface area (Å²) >= 11 is 13.9. The molecule has 68 heavy (non-hydrogen) atoms. The number of aliphatic hydroxyl groups excluding tert-OH is 2. The normalized spacial score (nSPS) is 16.1. The molecule has 2 fully saturated rings. The number of halogens is 2. The van der Waals surface area contributed by atoms with Crippen LogP contribution >= 0.6 is 23.2 Å². The van der Waals surface area contributed by atoms with Gasteiger partial charge in [-0.25, -0.2) is 9.97 Å². The topological polar surface area (TPSA) is 157 Å². The first-order valence-corrected chi connectivity index (χ1v) is 23.2. The molecule has 0 bridgehead atoms. The summed E-state index contributed by atoms with van der Waals surface area (Å²) in [6, 6.07) is 38.2. The van der Waals surface area contributed by atoms with Crippen LogP contribution in [0.2, 0.25) is 10.0 Å². The van der Waals surface area contributed by atoms with E-state index in [-0.39, 0.29) is 32.0 Å². The Kier molecular flexibility index (Phi) is 14.4. The zero-order valence-corrected chi connectivity index (χ0v) is 38.9. The minimum absolute atomic E-state index is 0.218. The lowest BCUT2D eigenvalue weighted by Gasteiger charge is -2.20. The fraction of sp³-hybridized carbons (Fsp3) is 0.259. The van der Waals surface area contributed by atoms with Crippen molar-refractivity contribution >= 4 is 34.1 Å². The highest BCUT2D eigenvalue weighted by molar-refractivity contribution is 6.32. The number of nitriles is 2. The van der Waals surface area contributed by atoms with Crippen LogP contribution < -0.4 is 18.9 Å². The van der Waals surface area contributed by atoms with Crippen LogP contribution in [0.4, 0.5) is 0 Å². The summed E-state index contributed by atoms with van der Waals surface area (Å²) in [7, 11) is 0. The third-order valence-corrected chi connectivity index (χ3v) is 13.0. The zero-order chi connectivity index (χ0) is 47.1. The highest BCUT2D eigenvalue weighted by Crippen LogP contribution is 2.41. The van der Waals surface area contributed by atoms with E-state index >= 15 is 0 Å². The number of nitrogens with zero attached hydrogens (tertiary/aromatic N) is 6. The van der Waals surface area contributed by atoms with Gasteiger partial charge in [-0.05, 0) is 90.0 Å². The summed E-state index contributed by atoms with van der Waals surface area (Å²) in [5.74, 6) is 2.30. The van der Waals surface area contributed by atoms with Crippen LogP contribution in [0.1, 0.15) is 57.3 Å². The Morgan fingerprint density at radius 2 is 1.16 bits per heavy atom. The summed E-state index contributed by atoms with van der Waals surface area (Å²) in [5, 5.41) is 40.8. The molecule has 0 radical (unpaired) electrons. The van der Waals surface area contributed by atoms with E-state index in [2.05, 4.69) is 26.9 Å². The molecule has 12 nitrogen and oxygen atoms in total. The molecule has 6 aromatic carbocycles. The van der Waals surface area contributed by atoms with E-state index in [1.54, 1.807) is 30.3 Å². The number of hydrogen-bond donors (Lipinski definition) is 2. The second-order valence-corrected chi connectivity index (χ2v) is 18.0. The van der Waals surface area contributed by atoms with Gasteiger partial charge in [0.1, 0.15) is 43.4 Å². The minimum atomic E-state index is -0.381. The van der Waals surface area contributed by atoms with Gasteiger partial charge < -0.3 is 29.2 Å². The van der Waals surface area contributed by atoms with Crippen LogP contribution in [-0.2, 0) is 32.9 Å². The van der Waals surface area contributed by atoms with Crippen molar-refractivity contribution in [2.45, 2.75) is 64.9 Å². The van der Waals surface area contributed by atoms with Gasteiger partial charge in [-0.3, -0.25) is 9.80 Å². The second-order valence-electron chi connectivity index (χ2n) is 17.2. The molecule has 1 aromatic heterocycles. The third-order valence-electron chi connectivity index (χ3n) is 12.4. The molecule has 2 N–H and O–H groups in total. The minimum Gasteiger partial charge on any atom is -0.488 e. The van der Waals surface area contributed by atoms with Gasteiger partial charge in [0.15, 0.2) is 5.75 Å². The summed E-state index contributed by atoms with van der Waals surface area (Å²) in [6.45, 7) is 6.44. The van der Waals surface area contributed by atoms with Gasteiger partial charge in [0, 0.05) is 68.1 Å². The SMILES string of the molecule is Cc1c(COc2cc(OCc3cccc(C#N)c3)c(CN3CC[C@H](O)C3)cc2Cl)cccc1-c1cccc2c(Oc3cc(OCc4cccc(C#N)c4)c(CN4CC[C@H](O)C4)cc3Cl)ncnc12. The number of aromatic nitrogens is 2. The Balaban J connectivity index is 0.966. The van der Waals surface area contributed by atoms with Crippen molar-refractivity contribution in [2.75, 3.05) is 26.2 Å². The fourth-order valence-electron chi connectivity index (χ4n) is 8.79. The van der Waals surface area contributed by atoms with Crippen molar-refractivity contribution in [3.63, 3.8) is 0 Å². The second kappa shape index (κ2) is 21.1. The number of hydrogen-bond acceptors (Lipinski definition) is 12.